The zero-order valence-electron chi connectivity index (χ0n) is 16.6. The number of fused-ring (bicyclic) bond motifs is 1. The van der Waals surface area contributed by atoms with Crippen LogP contribution >= 0.6 is 0 Å². The van der Waals surface area contributed by atoms with Gasteiger partial charge >= 0.3 is 0 Å². The van der Waals surface area contributed by atoms with Gasteiger partial charge in [-0.1, -0.05) is 32.9 Å². The van der Waals surface area contributed by atoms with Crippen molar-refractivity contribution in [2.24, 2.45) is 0 Å². The fourth-order valence-corrected chi connectivity index (χ4v) is 3.08. The molecule has 2 aromatic rings. The Labute approximate surface area is 152 Å². The van der Waals surface area contributed by atoms with E-state index in [1.165, 1.54) is 11.1 Å². The van der Waals surface area contributed by atoms with E-state index in [-0.39, 0.29) is 11.0 Å². The molecule has 0 N–H and O–H groups in total. The number of rotatable bonds is 1. The van der Waals surface area contributed by atoms with Gasteiger partial charge in [-0.25, -0.2) is 0 Å². The minimum absolute atomic E-state index is 0.0843. The van der Waals surface area contributed by atoms with Crippen molar-refractivity contribution in [3.05, 3.63) is 47.3 Å². The molecule has 1 aromatic heterocycles. The molecular weight excluding hydrogens is 308 g/mol. The van der Waals surface area contributed by atoms with Gasteiger partial charge in [0.2, 0.25) is 0 Å². The van der Waals surface area contributed by atoms with Gasteiger partial charge in [-0.3, -0.25) is 9.88 Å². The third kappa shape index (κ3) is 3.72. The third-order valence-corrected chi connectivity index (χ3v) is 4.93. The number of hydrogen-bond acceptors (Lipinski definition) is 3. The van der Waals surface area contributed by atoms with Gasteiger partial charge in [0.25, 0.3) is 0 Å². The van der Waals surface area contributed by atoms with Crippen LogP contribution in [0.3, 0.4) is 0 Å². The van der Waals surface area contributed by atoms with Gasteiger partial charge in [0.05, 0.1) is 0 Å². The maximum Gasteiger partial charge on any atom is 0.142 e. The molecule has 0 radical (unpaired) electrons. The summed E-state index contributed by atoms with van der Waals surface area (Å²) < 4.78 is 6.24. The largest absolute Gasteiger partial charge is 0.477 e. The van der Waals surface area contributed by atoms with Gasteiger partial charge in [0.1, 0.15) is 12.5 Å². The van der Waals surface area contributed by atoms with Crippen LogP contribution in [0.25, 0.3) is 11.1 Å². The lowest BCUT2D eigenvalue weighted by molar-refractivity contribution is 0.0221. The van der Waals surface area contributed by atoms with Crippen LogP contribution in [-0.4, -0.2) is 22.2 Å². The van der Waals surface area contributed by atoms with Gasteiger partial charge in [-0.2, -0.15) is 0 Å². The number of aryl methyl sites for hydroxylation is 1. The lowest BCUT2D eigenvalue weighted by Gasteiger charge is -2.40. The predicted octanol–water partition coefficient (Wildman–Crippen LogP) is 5.30. The second-order valence-corrected chi connectivity index (χ2v) is 9.09. The summed E-state index contributed by atoms with van der Waals surface area (Å²) in [7, 11) is 0. The average Bonchev–Trinajstić information content (AvgIpc) is 2.52. The molecule has 3 nitrogen and oxygen atoms in total. The molecule has 1 aliphatic rings. The molecule has 25 heavy (non-hydrogen) atoms. The summed E-state index contributed by atoms with van der Waals surface area (Å²) >= 11 is 0. The van der Waals surface area contributed by atoms with Crippen molar-refractivity contribution >= 4 is 0 Å². The summed E-state index contributed by atoms with van der Waals surface area (Å²) in [5, 5.41) is 0. The summed E-state index contributed by atoms with van der Waals surface area (Å²) in [5.74, 6) is 1.01. The molecule has 1 aliphatic heterocycles. The number of nitrogens with zero attached hydrogens (tertiary/aromatic N) is 2. The highest BCUT2D eigenvalue weighted by Gasteiger charge is 2.30. The average molecular weight is 338 g/mol. The van der Waals surface area contributed by atoms with Crippen molar-refractivity contribution < 1.29 is 4.74 Å². The quantitative estimate of drug-likeness (QED) is 0.705. The smallest absolute Gasteiger partial charge is 0.142 e. The van der Waals surface area contributed by atoms with Gasteiger partial charge in [0.15, 0.2) is 0 Å². The highest BCUT2D eigenvalue weighted by Crippen LogP contribution is 2.41. The van der Waals surface area contributed by atoms with Crippen molar-refractivity contribution in [2.45, 2.75) is 66.0 Å². The van der Waals surface area contributed by atoms with Crippen LogP contribution in [-0.2, 0) is 12.0 Å². The van der Waals surface area contributed by atoms with E-state index < -0.39 is 0 Å². The summed E-state index contributed by atoms with van der Waals surface area (Å²) in [6.45, 7) is 17.0. The number of aromatic nitrogens is 1. The number of hydrogen-bond donors (Lipinski definition) is 0. The molecule has 0 saturated carbocycles. The first kappa shape index (κ1) is 17.9. The maximum absolute atomic E-state index is 6.24. The SMILES string of the molecule is Cc1ccc(-c2cc(C(C)(C)C)cc3c2OCN(C(C)(C)C)C3)cn1. The van der Waals surface area contributed by atoms with Gasteiger partial charge in [-0.15, -0.1) is 0 Å². The Bertz CT molecular complexity index is 764. The molecule has 0 fully saturated rings. The van der Waals surface area contributed by atoms with E-state index in [0.29, 0.717) is 6.73 Å². The third-order valence-electron chi connectivity index (χ3n) is 4.93. The molecule has 0 spiro atoms. The first-order valence-electron chi connectivity index (χ1n) is 9.04. The van der Waals surface area contributed by atoms with Crippen LogP contribution in [0.5, 0.6) is 5.75 Å². The Kier molecular flexibility index (Phi) is 4.40. The molecule has 0 saturated heterocycles. The molecule has 0 aliphatic carbocycles. The molecule has 1 aromatic carbocycles. The van der Waals surface area contributed by atoms with E-state index in [4.69, 9.17) is 4.74 Å². The first-order chi connectivity index (χ1) is 11.6. The maximum atomic E-state index is 6.24. The standard InChI is InChI=1S/C22H30N2O/c1-15-8-9-16(12-23-15)19-11-18(21(2,3)4)10-17-13-24(22(5,6)7)14-25-20(17)19/h8-12H,13-14H2,1-7H3. The monoisotopic (exact) mass is 338 g/mol. The highest BCUT2D eigenvalue weighted by atomic mass is 16.5. The van der Waals surface area contributed by atoms with Gasteiger partial charge < -0.3 is 4.74 Å². The van der Waals surface area contributed by atoms with Crippen molar-refractivity contribution in [3.8, 4) is 16.9 Å². The zero-order chi connectivity index (χ0) is 18.4. The second-order valence-electron chi connectivity index (χ2n) is 9.09. The number of benzene rings is 1. The predicted molar refractivity (Wildman–Crippen MR) is 104 cm³/mol. The van der Waals surface area contributed by atoms with E-state index in [1.807, 2.05) is 13.1 Å². The lowest BCUT2D eigenvalue weighted by Crippen LogP contribution is -2.45. The molecule has 134 valence electrons. The number of ether oxygens (including phenoxy) is 1. The normalized spacial score (nSPS) is 15.6. The zero-order valence-corrected chi connectivity index (χ0v) is 16.6. The summed E-state index contributed by atoms with van der Waals surface area (Å²) in [4.78, 5) is 6.86. The molecule has 2 heterocycles. The molecule has 0 unspecified atom stereocenters. The van der Waals surface area contributed by atoms with E-state index in [1.54, 1.807) is 0 Å². The minimum atomic E-state index is 0.0843. The highest BCUT2D eigenvalue weighted by molar-refractivity contribution is 5.73. The van der Waals surface area contributed by atoms with E-state index in [9.17, 15) is 0 Å². The van der Waals surface area contributed by atoms with E-state index in [2.05, 4.69) is 75.7 Å². The van der Waals surface area contributed by atoms with Crippen LogP contribution in [0.4, 0.5) is 0 Å². The van der Waals surface area contributed by atoms with E-state index in [0.717, 1.165) is 29.1 Å². The van der Waals surface area contributed by atoms with Gasteiger partial charge in [0, 0.05) is 40.7 Å². The van der Waals surface area contributed by atoms with Crippen LogP contribution in [0.1, 0.15) is 58.4 Å². The lowest BCUT2D eigenvalue weighted by atomic mass is 9.83. The second kappa shape index (κ2) is 6.14. The minimum Gasteiger partial charge on any atom is -0.477 e. The van der Waals surface area contributed by atoms with Crippen molar-refractivity contribution in [1.82, 2.24) is 9.88 Å². The Hall–Kier alpha value is -1.87. The molecular formula is C22H30N2O. The topological polar surface area (TPSA) is 25.4 Å². The Balaban J connectivity index is 2.14. The van der Waals surface area contributed by atoms with E-state index >= 15 is 0 Å². The first-order valence-corrected chi connectivity index (χ1v) is 9.04. The van der Waals surface area contributed by atoms with Crippen molar-refractivity contribution in [1.29, 1.82) is 0 Å². The van der Waals surface area contributed by atoms with Crippen LogP contribution < -0.4 is 4.74 Å². The fourth-order valence-electron chi connectivity index (χ4n) is 3.08. The Morgan fingerprint density at radius 3 is 2.32 bits per heavy atom. The van der Waals surface area contributed by atoms with Crippen LogP contribution in [0.15, 0.2) is 30.5 Å². The Morgan fingerprint density at radius 1 is 1.04 bits per heavy atom. The van der Waals surface area contributed by atoms with Crippen molar-refractivity contribution in [3.63, 3.8) is 0 Å². The van der Waals surface area contributed by atoms with Crippen LogP contribution in [0, 0.1) is 6.92 Å². The Morgan fingerprint density at radius 2 is 1.76 bits per heavy atom. The summed E-state index contributed by atoms with van der Waals surface area (Å²) in [6, 6.07) is 8.80. The molecule has 0 bridgehead atoms. The molecule has 3 heteroatoms. The van der Waals surface area contributed by atoms with Gasteiger partial charge in [-0.05, 0) is 50.8 Å². The molecule has 3 rings (SSSR count). The number of pyridine rings is 1. The summed E-state index contributed by atoms with van der Waals surface area (Å²) in [5.41, 5.74) is 6.09. The van der Waals surface area contributed by atoms with Crippen molar-refractivity contribution in [2.75, 3.05) is 6.73 Å². The summed E-state index contributed by atoms with van der Waals surface area (Å²) in [6.07, 6.45) is 1.96. The molecule has 0 atom stereocenters. The van der Waals surface area contributed by atoms with Crippen LogP contribution in [0.2, 0.25) is 0 Å². The molecule has 0 amide bonds. The fraction of sp³-hybridized carbons (Fsp3) is 0.500.